The largest absolute Gasteiger partial charge is 0.292 e. The van der Waals surface area contributed by atoms with Gasteiger partial charge in [0.15, 0.2) is 5.78 Å². The Hall–Kier alpha value is -2.49. The van der Waals surface area contributed by atoms with Crippen LogP contribution in [0.2, 0.25) is 0 Å². The highest BCUT2D eigenvalue weighted by Crippen LogP contribution is 2.52. The van der Waals surface area contributed by atoms with Crippen molar-refractivity contribution in [3.05, 3.63) is 127 Å². The molecule has 0 aromatic heterocycles. The molecule has 37 heavy (non-hydrogen) atoms. The van der Waals surface area contributed by atoms with Crippen LogP contribution < -0.4 is 0 Å². The summed E-state index contributed by atoms with van der Waals surface area (Å²) < 4.78 is 1.86. The monoisotopic (exact) mass is 614 g/mol. The maximum atomic E-state index is 14.9. The molecule has 0 unspecified atom stereocenters. The van der Waals surface area contributed by atoms with E-state index in [-0.39, 0.29) is 16.6 Å². The number of hydrogen-bond donors (Lipinski definition) is 0. The smallest absolute Gasteiger partial charge is 0.182 e. The lowest BCUT2D eigenvalue weighted by Gasteiger charge is -2.40. The fourth-order valence-corrected chi connectivity index (χ4v) is 6.23. The van der Waals surface area contributed by atoms with Gasteiger partial charge in [-0.25, -0.2) is 0 Å². The van der Waals surface area contributed by atoms with Gasteiger partial charge >= 0.3 is 0 Å². The Morgan fingerprint density at radius 1 is 0.541 bits per heavy atom. The molecule has 0 amide bonds. The van der Waals surface area contributed by atoms with Gasteiger partial charge in [-0.1, -0.05) is 134 Å². The van der Waals surface area contributed by atoms with Gasteiger partial charge in [-0.15, -0.1) is 0 Å². The lowest BCUT2D eigenvalue weighted by atomic mass is 9.60. The van der Waals surface area contributed by atoms with Crippen molar-refractivity contribution in [3.63, 3.8) is 0 Å². The van der Waals surface area contributed by atoms with E-state index in [0.29, 0.717) is 0 Å². The standard InChI is InChI=1S/C34H32Br2O/c1-32(2,3)21-7-11-23(12-8-21)34(24-13-9-22(10-14-24)33(4,5)6)30-20-26(36)16-18-28(30)27-17-15-25(35)19-29(27)31(34)37/h7-20H,1-6H3. The van der Waals surface area contributed by atoms with E-state index in [4.69, 9.17) is 0 Å². The van der Waals surface area contributed by atoms with E-state index in [9.17, 15) is 4.79 Å². The van der Waals surface area contributed by atoms with Crippen LogP contribution in [0.15, 0.2) is 93.9 Å². The molecule has 0 radical (unpaired) electrons. The lowest BCUT2D eigenvalue weighted by molar-refractivity contribution is 0.0933. The van der Waals surface area contributed by atoms with E-state index in [0.717, 1.165) is 42.3 Å². The first kappa shape index (κ1) is 26.1. The van der Waals surface area contributed by atoms with Crippen molar-refractivity contribution in [2.24, 2.45) is 0 Å². The molecule has 1 aliphatic carbocycles. The average molecular weight is 616 g/mol. The molecule has 0 N–H and O–H groups in total. The third-order valence-corrected chi connectivity index (χ3v) is 8.60. The summed E-state index contributed by atoms with van der Waals surface area (Å²) in [5.41, 5.74) is 7.35. The average Bonchev–Trinajstić information content (AvgIpc) is 2.84. The van der Waals surface area contributed by atoms with E-state index < -0.39 is 5.41 Å². The second kappa shape index (κ2) is 9.06. The maximum Gasteiger partial charge on any atom is 0.182 e. The molecule has 3 heteroatoms. The van der Waals surface area contributed by atoms with Crippen LogP contribution in [0.5, 0.6) is 0 Å². The van der Waals surface area contributed by atoms with Crippen LogP contribution >= 0.6 is 31.9 Å². The number of carbonyl (C=O) groups excluding carboxylic acids is 1. The molecule has 4 aromatic carbocycles. The number of fused-ring (bicyclic) bond motifs is 3. The highest BCUT2D eigenvalue weighted by Gasteiger charge is 2.49. The first-order valence-corrected chi connectivity index (χ1v) is 14.3. The zero-order valence-corrected chi connectivity index (χ0v) is 25.4. The highest BCUT2D eigenvalue weighted by atomic mass is 79.9. The van der Waals surface area contributed by atoms with Crippen LogP contribution in [-0.2, 0) is 16.2 Å². The van der Waals surface area contributed by atoms with Crippen LogP contribution in [0.4, 0.5) is 0 Å². The van der Waals surface area contributed by atoms with Gasteiger partial charge in [-0.05, 0) is 74.0 Å². The Balaban J connectivity index is 1.88. The second-order valence-corrected chi connectivity index (χ2v) is 13.9. The topological polar surface area (TPSA) is 17.1 Å². The van der Waals surface area contributed by atoms with Gasteiger partial charge in [0, 0.05) is 14.5 Å². The molecule has 0 saturated heterocycles. The molecule has 0 aliphatic heterocycles. The highest BCUT2D eigenvalue weighted by molar-refractivity contribution is 9.10. The number of rotatable bonds is 2. The normalized spacial score (nSPS) is 14.8. The summed E-state index contributed by atoms with van der Waals surface area (Å²) in [6.45, 7) is 13.3. The molecule has 0 bridgehead atoms. The molecule has 0 heterocycles. The Morgan fingerprint density at radius 2 is 0.973 bits per heavy atom. The quantitative estimate of drug-likeness (QED) is 0.219. The van der Waals surface area contributed by atoms with Crippen molar-refractivity contribution >= 4 is 37.6 Å². The van der Waals surface area contributed by atoms with Gasteiger partial charge < -0.3 is 0 Å². The maximum absolute atomic E-state index is 14.9. The summed E-state index contributed by atoms with van der Waals surface area (Å²) in [4.78, 5) is 14.9. The fraction of sp³-hybridized carbons (Fsp3) is 0.265. The molecule has 1 nitrogen and oxygen atoms in total. The van der Waals surface area contributed by atoms with Crippen LogP contribution in [-0.4, -0.2) is 5.78 Å². The fourth-order valence-electron chi connectivity index (χ4n) is 5.51. The molecule has 0 saturated carbocycles. The van der Waals surface area contributed by atoms with Gasteiger partial charge in [-0.3, -0.25) is 4.79 Å². The molecule has 0 fully saturated rings. The zero-order valence-electron chi connectivity index (χ0n) is 22.2. The van der Waals surface area contributed by atoms with Crippen molar-refractivity contribution in [2.45, 2.75) is 57.8 Å². The van der Waals surface area contributed by atoms with Crippen LogP contribution in [0, 0.1) is 0 Å². The summed E-state index contributed by atoms with van der Waals surface area (Å²) in [6.07, 6.45) is 0. The number of Topliss-reactive ketones (excluding diaryl/α,β-unsaturated/α-hetero) is 1. The molecule has 0 spiro atoms. The predicted octanol–water partition coefficient (Wildman–Crippen LogP) is 10.0. The van der Waals surface area contributed by atoms with Gasteiger partial charge in [0.2, 0.25) is 0 Å². The van der Waals surface area contributed by atoms with E-state index in [1.807, 2.05) is 12.1 Å². The third kappa shape index (κ3) is 4.34. The minimum absolute atomic E-state index is 0.0228. The Labute approximate surface area is 237 Å². The first-order valence-electron chi connectivity index (χ1n) is 12.7. The van der Waals surface area contributed by atoms with E-state index in [2.05, 4.69) is 146 Å². The van der Waals surface area contributed by atoms with Crippen LogP contribution in [0.1, 0.15) is 79.7 Å². The van der Waals surface area contributed by atoms with Crippen molar-refractivity contribution in [2.75, 3.05) is 0 Å². The van der Waals surface area contributed by atoms with Crippen molar-refractivity contribution < 1.29 is 4.79 Å². The molecule has 4 aromatic rings. The number of carbonyl (C=O) groups is 1. The zero-order chi connectivity index (χ0) is 26.8. The number of benzene rings is 4. The molecule has 0 atom stereocenters. The second-order valence-electron chi connectivity index (χ2n) is 12.1. The van der Waals surface area contributed by atoms with Gasteiger partial charge in [-0.2, -0.15) is 0 Å². The summed E-state index contributed by atoms with van der Waals surface area (Å²) >= 11 is 7.34. The lowest BCUT2D eigenvalue weighted by Crippen LogP contribution is -2.42. The predicted molar refractivity (Wildman–Crippen MR) is 162 cm³/mol. The summed E-state index contributed by atoms with van der Waals surface area (Å²) in [5, 5.41) is 0. The van der Waals surface area contributed by atoms with E-state index in [1.165, 1.54) is 11.1 Å². The SMILES string of the molecule is CC(C)(C)c1ccc(C2(c3ccc(C(C)(C)C)cc3)C(=O)c3cc(Br)ccc3-c3ccc(Br)cc32)cc1. The van der Waals surface area contributed by atoms with Gasteiger partial charge in [0.25, 0.3) is 0 Å². The minimum Gasteiger partial charge on any atom is -0.292 e. The van der Waals surface area contributed by atoms with Crippen molar-refractivity contribution in [3.8, 4) is 11.1 Å². The molecular formula is C34H32Br2O. The van der Waals surface area contributed by atoms with Crippen LogP contribution in [0.3, 0.4) is 0 Å². The Bertz CT molecular complexity index is 1440. The molecule has 1 aliphatic rings. The summed E-state index contributed by atoms with van der Waals surface area (Å²) in [6, 6.07) is 29.7. The Morgan fingerprint density at radius 3 is 1.43 bits per heavy atom. The van der Waals surface area contributed by atoms with E-state index in [1.54, 1.807) is 0 Å². The van der Waals surface area contributed by atoms with Crippen molar-refractivity contribution in [1.82, 2.24) is 0 Å². The van der Waals surface area contributed by atoms with Gasteiger partial charge in [0.05, 0.1) is 0 Å². The minimum atomic E-state index is -0.972. The third-order valence-electron chi connectivity index (χ3n) is 7.61. The number of hydrogen-bond acceptors (Lipinski definition) is 1. The number of ketones is 1. The summed E-state index contributed by atoms with van der Waals surface area (Å²) in [7, 11) is 0. The van der Waals surface area contributed by atoms with Crippen LogP contribution in [0.25, 0.3) is 11.1 Å². The van der Waals surface area contributed by atoms with E-state index >= 15 is 0 Å². The molecule has 188 valence electrons. The molecule has 5 rings (SSSR count). The van der Waals surface area contributed by atoms with Gasteiger partial charge in [0.1, 0.15) is 5.41 Å². The summed E-state index contributed by atoms with van der Waals surface area (Å²) in [5.74, 6) is 0.0985. The number of halogens is 2. The van der Waals surface area contributed by atoms with Crippen molar-refractivity contribution in [1.29, 1.82) is 0 Å². The molecular weight excluding hydrogens is 584 g/mol. The Kier molecular flexibility index (Phi) is 6.40. The first-order chi connectivity index (χ1) is 17.3.